The second-order valence-electron chi connectivity index (χ2n) is 6.99. The van der Waals surface area contributed by atoms with Crippen molar-refractivity contribution in [1.29, 1.82) is 0 Å². The molecular formula is C15H31NO3. The van der Waals surface area contributed by atoms with Crippen LogP contribution in [0.2, 0.25) is 0 Å². The van der Waals surface area contributed by atoms with E-state index in [0.717, 1.165) is 6.42 Å². The maximum atomic E-state index is 10.1. The van der Waals surface area contributed by atoms with Crippen LogP contribution in [0, 0.1) is 11.3 Å². The molecular weight excluding hydrogens is 242 g/mol. The van der Waals surface area contributed by atoms with Crippen LogP contribution >= 0.6 is 0 Å². The highest BCUT2D eigenvalue weighted by Crippen LogP contribution is 2.29. The van der Waals surface area contributed by atoms with Gasteiger partial charge in [0.2, 0.25) is 0 Å². The van der Waals surface area contributed by atoms with Crippen molar-refractivity contribution < 1.29 is 15.3 Å². The molecule has 0 amide bonds. The first-order valence-electron chi connectivity index (χ1n) is 7.58. The minimum absolute atomic E-state index is 0.00531. The Bertz CT molecular complexity index is 252. The van der Waals surface area contributed by atoms with Gasteiger partial charge in [-0.3, -0.25) is 0 Å². The van der Waals surface area contributed by atoms with Crippen molar-refractivity contribution in [3.8, 4) is 0 Å². The third kappa shape index (κ3) is 5.78. The predicted molar refractivity (Wildman–Crippen MR) is 76.7 cm³/mol. The van der Waals surface area contributed by atoms with E-state index in [0.29, 0.717) is 12.3 Å². The normalized spacial score (nSPS) is 23.1. The summed E-state index contributed by atoms with van der Waals surface area (Å²) in [5.74, 6) is 0.594. The minimum atomic E-state index is -0.896. The van der Waals surface area contributed by atoms with Crippen molar-refractivity contribution in [2.45, 2.75) is 77.0 Å². The molecule has 0 bridgehead atoms. The number of aliphatic hydroxyl groups is 3. The van der Waals surface area contributed by atoms with Gasteiger partial charge in [-0.2, -0.15) is 0 Å². The van der Waals surface area contributed by atoms with Crippen LogP contribution in [0.4, 0.5) is 0 Å². The quantitative estimate of drug-likeness (QED) is 0.565. The number of rotatable bonds is 7. The fourth-order valence-corrected chi connectivity index (χ4v) is 2.98. The van der Waals surface area contributed by atoms with Crippen LogP contribution in [0.3, 0.4) is 0 Å². The van der Waals surface area contributed by atoms with E-state index in [9.17, 15) is 15.3 Å². The zero-order valence-electron chi connectivity index (χ0n) is 12.4. The van der Waals surface area contributed by atoms with E-state index in [-0.39, 0.29) is 18.1 Å². The van der Waals surface area contributed by atoms with Crippen LogP contribution in [-0.4, -0.2) is 40.2 Å². The van der Waals surface area contributed by atoms with E-state index in [1.165, 1.54) is 32.1 Å². The van der Waals surface area contributed by atoms with Crippen molar-refractivity contribution in [1.82, 2.24) is 0 Å². The third-order valence-corrected chi connectivity index (χ3v) is 4.35. The maximum absolute atomic E-state index is 10.1. The van der Waals surface area contributed by atoms with Gasteiger partial charge in [-0.25, -0.2) is 0 Å². The smallest absolute Gasteiger partial charge is 0.0949 e. The van der Waals surface area contributed by atoms with Crippen LogP contribution in [0.25, 0.3) is 0 Å². The van der Waals surface area contributed by atoms with Gasteiger partial charge in [-0.05, 0) is 24.2 Å². The van der Waals surface area contributed by atoms with E-state index in [1.807, 2.05) is 13.8 Å². The molecule has 0 aliphatic heterocycles. The van der Waals surface area contributed by atoms with Crippen LogP contribution in [0.5, 0.6) is 0 Å². The Hall–Kier alpha value is -0.160. The summed E-state index contributed by atoms with van der Waals surface area (Å²) < 4.78 is 0. The van der Waals surface area contributed by atoms with Crippen molar-refractivity contribution >= 4 is 0 Å². The molecule has 1 rings (SSSR count). The third-order valence-electron chi connectivity index (χ3n) is 4.35. The summed E-state index contributed by atoms with van der Waals surface area (Å²) in [5, 5.41) is 29.4. The fraction of sp³-hybridized carbons (Fsp3) is 1.00. The molecule has 0 saturated heterocycles. The second kappa shape index (κ2) is 7.58. The van der Waals surface area contributed by atoms with Gasteiger partial charge in [0.1, 0.15) is 0 Å². The van der Waals surface area contributed by atoms with Gasteiger partial charge in [-0.15, -0.1) is 0 Å². The highest BCUT2D eigenvalue weighted by atomic mass is 16.3. The first-order chi connectivity index (χ1) is 8.85. The van der Waals surface area contributed by atoms with Gasteiger partial charge < -0.3 is 21.1 Å². The topological polar surface area (TPSA) is 86.7 Å². The van der Waals surface area contributed by atoms with Gasteiger partial charge >= 0.3 is 0 Å². The molecule has 0 aromatic carbocycles. The van der Waals surface area contributed by atoms with Crippen LogP contribution in [0.15, 0.2) is 0 Å². The first kappa shape index (κ1) is 16.9. The number of aliphatic hydroxyl groups excluding tert-OH is 3. The van der Waals surface area contributed by atoms with Gasteiger partial charge in [0.15, 0.2) is 0 Å². The summed E-state index contributed by atoms with van der Waals surface area (Å²) in [6.45, 7) is 3.74. The predicted octanol–water partition coefficient (Wildman–Crippen LogP) is 1.41. The summed E-state index contributed by atoms with van der Waals surface area (Å²) in [4.78, 5) is 0. The standard InChI is InChI=1S/C15H31NO3/c1-15(2,10-17)9-13(18)14(19)12(16)8-11-6-4-3-5-7-11/h11-14,17-19H,3-10,16H2,1-2H3/t12-,13-,14+/m0/s1. The van der Waals surface area contributed by atoms with E-state index in [4.69, 9.17) is 5.73 Å². The maximum Gasteiger partial charge on any atom is 0.0949 e. The lowest BCUT2D eigenvalue weighted by Gasteiger charge is -2.32. The summed E-state index contributed by atoms with van der Waals surface area (Å²) in [7, 11) is 0. The summed E-state index contributed by atoms with van der Waals surface area (Å²) in [6.07, 6.45) is 5.61. The zero-order chi connectivity index (χ0) is 14.5. The van der Waals surface area contributed by atoms with Gasteiger partial charge in [-0.1, -0.05) is 46.0 Å². The van der Waals surface area contributed by atoms with Crippen molar-refractivity contribution in [3.05, 3.63) is 0 Å². The van der Waals surface area contributed by atoms with Crippen LogP contribution < -0.4 is 5.73 Å². The molecule has 1 saturated carbocycles. The minimum Gasteiger partial charge on any atom is -0.396 e. The molecule has 4 nitrogen and oxygen atoms in total. The highest BCUT2D eigenvalue weighted by molar-refractivity contribution is 4.85. The lowest BCUT2D eigenvalue weighted by Crippen LogP contribution is -2.46. The molecule has 1 aliphatic carbocycles. The number of hydrogen-bond donors (Lipinski definition) is 4. The molecule has 0 heterocycles. The summed E-state index contributed by atoms with van der Waals surface area (Å²) >= 11 is 0. The molecule has 3 atom stereocenters. The fourth-order valence-electron chi connectivity index (χ4n) is 2.98. The molecule has 19 heavy (non-hydrogen) atoms. The SMILES string of the molecule is CC(C)(CO)C[C@H](O)[C@H](O)[C@@H](N)CC1CCCCC1. The Labute approximate surface area is 117 Å². The van der Waals surface area contributed by atoms with Gasteiger partial charge in [0, 0.05) is 12.6 Å². The molecule has 0 spiro atoms. The Morgan fingerprint density at radius 1 is 1.16 bits per heavy atom. The molecule has 0 aromatic rings. The van der Waals surface area contributed by atoms with E-state index in [2.05, 4.69) is 0 Å². The van der Waals surface area contributed by atoms with Crippen molar-refractivity contribution in [2.24, 2.45) is 17.1 Å². The molecule has 1 aliphatic rings. The lowest BCUT2D eigenvalue weighted by molar-refractivity contribution is -0.0314. The van der Waals surface area contributed by atoms with Gasteiger partial charge in [0.05, 0.1) is 12.2 Å². The van der Waals surface area contributed by atoms with E-state index < -0.39 is 12.2 Å². The first-order valence-corrected chi connectivity index (χ1v) is 7.58. The lowest BCUT2D eigenvalue weighted by atomic mass is 9.81. The Balaban J connectivity index is 2.39. The largest absolute Gasteiger partial charge is 0.396 e. The van der Waals surface area contributed by atoms with Gasteiger partial charge in [0.25, 0.3) is 0 Å². The zero-order valence-corrected chi connectivity index (χ0v) is 12.4. The Kier molecular flexibility index (Phi) is 6.74. The Morgan fingerprint density at radius 2 is 1.74 bits per heavy atom. The molecule has 0 unspecified atom stereocenters. The Morgan fingerprint density at radius 3 is 2.26 bits per heavy atom. The average molecular weight is 273 g/mol. The second-order valence-corrected chi connectivity index (χ2v) is 6.99. The van der Waals surface area contributed by atoms with E-state index in [1.54, 1.807) is 0 Å². The molecule has 1 fully saturated rings. The molecule has 4 heteroatoms. The molecule has 114 valence electrons. The monoisotopic (exact) mass is 273 g/mol. The van der Waals surface area contributed by atoms with E-state index >= 15 is 0 Å². The average Bonchev–Trinajstić information content (AvgIpc) is 2.38. The van der Waals surface area contributed by atoms with Crippen LogP contribution in [-0.2, 0) is 0 Å². The highest BCUT2D eigenvalue weighted by Gasteiger charge is 2.30. The number of hydrogen-bond acceptors (Lipinski definition) is 4. The van der Waals surface area contributed by atoms with Crippen LogP contribution in [0.1, 0.15) is 58.8 Å². The summed E-state index contributed by atoms with van der Waals surface area (Å²) in [6, 6.07) is -0.368. The molecule has 5 N–H and O–H groups in total. The molecule has 0 radical (unpaired) electrons. The molecule has 0 aromatic heterocycles. The van der Waals surface area contributed by atoms with Crippen molar-refractivity contribution in [3.63, 3.8) is 0 Å². The number of nitrogens with two attached hydrogens (primary N) is 1. The summed E-state index contributed by atoms with van der Waals surface area (Å²) in [5.41, 5.74) is 5.65. The van der Waals surface area contributed by atoms with Crippen molar-refractivity contribution in [2.75, 3.05) is 6.61 Å².